The second-order valence-electron chi connectivity index (χ2n) is 14.3. The van der Waals surface area contributed by atoms with Gasteiger partial charge in [0, 0.05) is 30.3 Å². The van der Waals surface area contributed by atoms with Crippen LogP contribution in [0.15, 0.2) is 164 Å². The van der Waals surface area contributed by atoms with E-state index in [2.05, 4.69) is 174 Å². The third-order valence-electron chi connectivity index (χ3n) is 11.1. The number of hydrogen-bond donors (Lipinski definition) is 0. The SMILES string of the molecule is CN1[CH-]N(c2[c-]cc(-c3ccc4c(c3)C3(c5ccccc5-c5ccccc53)c3ccccc3-4)cc2)c2ccccc21.Cc1cn(C)c(-c2[c-]cccc2)n1.[Ir+3]. The van der Waals surface area contributed by atoms with Crippen LogP contribution in [0.1, 0.15) is 27.9 Å². The van der Waals surface area contributed by atoms with E-state index in [1.807, 2.05) is 49.0 Å². The zero-order chi connectivity index (χ0) is 36.4. The Kier molecular flexibility index (Phi) is 8.65. The van der Waals surface area contributed by atoms with Gasteiger partial charge in [-0.3, -0.25) is 4.98 Å². The molecule has 11 rings (SSSR count). The average Bonchev–Trinajstić information content (AvgIpc) is 3.94. The van der Waals surface area contributed by atoms with Gasteiger partial charge >= 0.3 is 20.1 Å². The molecule has 0 N–H and O–H groups in total. The van der Waals surface area contributed by atoms with Crippen LogP contribution in [0.5, 0.6) is 0 Å². The molecule has 7 aromatic carbocycles. The molecular formula is C50H37IrN4. The fraction of sp³-hybridized carbons (Fsp3) is 0.0800. The van der Waals surface area contributed by atoms with Gasteiger partial charge in [0.2, 0.25) is 0 Å². The third kappa shape index (κ3) is 5.41. The van der Waals surface area contributed by atoms with Crippen molar-refractivity contribution in [3.63, 3.8) is 0 Å². The van der Waals surface area contributed by atoms with E-state index in [9.17, 15) is 0 Å². The largest absolute Gasteiger partial charge is 3.00 e. The van der Waals surface area contributed by atoms with Crippen LogP contribution >= 0.6 is 0 Å². The molecule has 4 nitrogen and oxygen atoms in total. The molecule has 0 atom stereocenters. The van der Waals surface area contributed by atoms with Crippen molar-refractivity contribution in [3.05, 3.63) is 211 Å². The monoisotopic (exact) mass is 886 g/mol. The number of anilines is 3. The summed E-state index contributed by atoms with van der Waals surface area (Å²) in [7, 11) is 4.08. The van der Waals surface area contributed by atoms with Crippen LogP contribution in [0.25, 0.3) is 44.8 Å². The van der Waals surface area contributed by atoms with E-state index in [1.165, 1.54) is 67.0 Å². The second-order valence-corrected chi connectivity index (χ2v) is 14.3. The molecule has 0 amide bonds. The zero-order valence-corrected chi connectivity index (χ0v) is 33.2. The van der Waals surface area contributed by atoms with Gasteiger partial charge in [0.1, 0.15) is 0 Å². The molecular weight excluding hydrogens is 849 g/mol. The summed E-state index contributed by atoms with van der Waals surface area (Å²) in [6.07, 6.45) is 2.01. The molecule has 266 valence electrons. The number of benzene rings is 7. The maximum absolute atomic E-state index is 4.41. The smallest absolute Gasteiger partial charge is 0.504 e. The Morgan fingerprint density at radius 3 is 1.75 bits per heavy atom. The van der Waals surface area contributed by atoms with Crippen LogP contribution in [0, 0.1) is 25.7 Å². The second kappa shape index (κ2) is 13.7. The summed E-state index contributed by atoms with van der Waals surface area (Å²) in [5.74, 6) is 0.970. The molecule has 2 heterocycles. The van der Waals surface area contributed by atoms with E-state index in [-0.39, 0.29) is 25.5 Å². The molecule has 55 heavy (non-hydrogen) atoms. The number of nitrogens with zero attached hydrogens (tertiary/aromatic N) is 4. The zero-order valence-electron chi connectivity index (χ0n) is 30.8. The average molecular weight is 886 g/mol. The minimum atomic E-state index is -0.322. The Labute approximate surface area is 336 Å². The first kappa shape index (κ1) is 34.7. The fourth-order valence-corrected chi connectivity index (χ4v) is 8.87. The molecule has 0 radical (unpaired) electrons. The first-order valence-corrected chi connectivity index (χ1v) is 18.4. The number of hydrogen-bond acceptors (Lipinski definition) is 3. The summed E-state index contributed by atoms with van der Waals surface area (Å²) in [5.41, 5.74) is 18.4. The van der Waals surface area contributed by atoms with Gasteiger partial charge in [-0.25, -0.2) is 0 Å². The fourth-order valence-electron chi connectivity index (χ4n) is 8.87. The maximum Gasteiger partial charge on any atom is 3.00 e. The van der Waals surface area contributed by atoms with E-state index < -0.39 is 0 Å². The minimum absolute atomic E-state index is 0. The summed E-state index contributed by atoms with van der Waals surface area (Å²) in [6, 6.07) is 63.6. The van der Waals surface area contributed by atoms with Gasteiger partial charge in [0.25, 0.3) is 0 Å². The predicted octanol–water partition coefficient (Wildman–Crippen LogP) is 11.4. The molecule has 3 aliphatic rings. The van der Waals surface area contributed by atoms with Gasteiger partial charge in [-0.2, -0.15) is 24.9 Å². The van der Waals surface area contributed by atoms with Crippen molar-refractivity contribution in [2.45, 2.75) is 12.3 Å². The molecule has 0 bridgehead atoms. The summed E-state index contributed by atoms with van der Waals surface area (Å²) in [5, 5.41) is 0. The van der Waals surface area contributed by atoms with Crippen LogP contribution in [0.3, 0.4) is 0 Å². The number of aryl methyl sites for hydroxylation is 2. The summed E-state index contributed by atoms with van der Waals surface area (Å²) < 4.78 is 2.02. The van der Waals surface area contributed by atoms with Crippen LogP contribution in [0.4, 0.5) is 17.1 Å². The molecule has 1 aromatic heterocycles. The van der Waals surface area contributed by atoms with Gasteiger partial charge in [-0.1, -0.05) is 109 Å². The van der Waals surface area contributed by atoms with Crippen molar-refractivity contribution in [3.8, 4) is 44.8 Å². The van der Waals surface area contributed by atoms with Crippen LogP contribution in [-0.4, -0.2) is 16.6 Å². The third-order valence-corrected chi connectivity index (χ3v) is 11.1. The molecule has 5 heteroatoms. The number of fused-ring (bicyclic) bond motifs is 11. The Morgan fingerprint density at radius 1 is 0.582 bits per heavy atom. The van der Waals surface area contributed by atoms with Gasteiger partial charge in [-0.05, 0) is 70.6 Å². The quantitative estimate of drug-likeness (QED) is 0.165. The van der Waals surface area contributed by atoms with Crippen LogP contribution in [0.2, 0.25) is 0 Å². The van der Waals surface area contributed by atoms with Crippen molar-refractivity contribution in [1.82, 2.24) is 9.55 Å². The normalized spacial score (nSPS) is 13.6. The Balaban J connectivity index is 0.000000241. The van der Waals surface area contributed by atoms with Gasteiger partial charge in [0.05, 0.1) is 11.2 Å². The molecule has 8 aromatic rings. The van der Waals surface area contributed by atoms with Crippen LogP contribution < -0.4 is 9.80 Å². The van der Waals surface area contributed by atoms with Crippen molar-refractivity contribution < 1.29 is 20.1 Å². The number of para-hydroxylation sites is 2. The molecule has 0 saturated heterocycles. The van der Waals surface area contributed by atoms with E-state index in [1.54, 1.807) is 0 Å². The summed E-state index contributed by atoms with van der Waals surface area (Å²) in [6.45, 7) is 4.12. The van der Waals surface area contributed by atoms with Crippen LogP contribution in [-0.2, 0) is 32.6 Å². The Bertz CT molecular complexity index is 2630. The minimum Gasteiger partial charge on any atom is -0.504 e. The van der Waals surface area contributed by atoms with Gasteiger partial charge in [-0.15, -0.1) is 53.2 Å². The van der Waals surface area contributed by atoms with E-state index >= 15 is 0 Å². The predicted molar refractivity (Wildman–Crippen MR) is 221 cm³/mol. The Morgan fingerprint density at radius 2 is 1.16 bits per heavy atom. The van der Waals surface area contributed by atoms with Gasteiger partial charge in [0.15, 0.2) is 0 Å². The number of imidazole rings is 1. The first-order valence-electron chi connectivity index (χ1n) is 18.4. The topological polar surface area (TPSA) is 24.3 Å². The van der Waals surface area contributed by atoms with Gasteiger partial charge < -0.3 is 14.4 Å². The molecule has 2 aliphatic carbocycles. The van der Waals surface area contributed by atoms with Crippen molar-refractivity contribution in [2.75, 3.05) is 16.8 Å². The molecule has 1 aliphatic heterocycles. The number of rotatable bonds is 3. The van der Waals surface area contributed by atoms with E-state index in [0.717, 1.165) is 22.8 Å². The number of aromatic nitrogens is 2. The molecule has 0 fully saturated rings. The molecule has 0 saturated carbocycles. The summed E-state index contributed by atoms with van der Waals surface area (Å²) >= 11 is 0. The Hall–Kier alpha value is -6.00. The first-order chi connectivity index (χ1) is 26.5. The van der Waals surface area contributed by atoms with E-state index in [0.29, 0.717) is 0 Å². The maximum atomic E-state index is 4.41. The van der Waals surface area contributed by atoms with Crippen molar-refractivity contribution >= 4 is 17.1 Å². The standard InChI is InChI=1S/C39H26N2.C11H11N2.Ir/c1-40-25-41(38-17-9-8-16-37(38)40)28-21-18-26(19-22-28)27-20-23-32-31-12-4-7-15-35(31)39(36(32)24-27)33-13-5-2-10-29(33)30-11-3-6-14-34(30)39;1-9-8-13(2)11(12-9)10-6-4-3-5-7-10;/h2-21,23-25H,1H3;3-6,8H,1-2H3;/q-2;-1;+3. The summed E-state index contributed by atoms with van der Waals surface area (Å²) in [4.78, 5) is 8.78. The molecule has 1 spiro atoms. The van der Waals surface area contributed by atoms with Crippen molar-refractivity contribution in [1.29, 1.82) is 0 Å². The molecule has 0 unspecified atom stereocenters. The van der Waals surface area contributed by atoms with E-state index in [4.69, 9.17) is 0 Å². The van der Waals surface area contributed by atoms with Crippen molar-refractivity contribution in [2.24, 2.45) is 7.05 Å².